The molecule has 1 saturated heterocycles. The molecule has 0 bridgehead atoms. The molecule has 106 valence electrons. The van der Waals surface area contributed by atoms with E-state index in [4.69, 9.17) is 5.14 Å². The van der Waals surface area contributed by atoms with Crippen LogP contribution in [0.15, 0.2) is 30.3 Å². The Hall–Kier alpha value is -0.950. The number of nitrogens with one attached hydrogen (secondary N) is 1. The first-order valence-electron chi connectivity index (χ1n) is 6.52. The molecule has 1 fully saturated rings. The van der Waals surface area contributed by atoms with E-state index in [1.165, 1.54) is 5.56 Å². The lowest BCUT2D eigenvalue weighted by atomic mass is 9.98. The van der Waals surface area contributed by atoms with Crippen LogP contribution in [0.3, 0.4) is 0 Å². The summed E-state index contributed by atoms with van der Waals surface area (Å²) in [7, 11) is -3.59. The van der Waals surface area contributed by atoms with Crippen molar-refractivity contribution in [1.82, 2.24) is 9.62 Å². The number of hydrogen-bond donors (Lipinski definition) is 2. The molecule has 3 N–H and O–H groups in total. The molecule has 6 heteroatoms. The lowest BCUT2D eigenvalue weighted by Crippen LogP contribution is -2.49. The molecular formula is C13H21N3O2S. The van der Waals surface area contributed by atoms with Gasteiger partial charge in [0, 0.05) is 25.2 Å². The van der Waals surface area contributed by atoms with Gasteiger partial charge in [-0.15, -0.1) is 0 Å². The molecule has 0 radical (unpaired) electrons. The molecule has 19 heavy (non-hydrogen) atoms. The summed E-state index contributed by atoms with van der Waals surface area (Å²) in [6, 6.07) is 10.6. The first kappa shape index (κ1) is 14.5. The number of nitrogens with two attached hydrogens (primary N) is 1. The van der Waals surface area contributed by atoms with Crippen molar-refractivity contribution >= 4 is 10.2 Å². The zero-order chi connectivity index (χ0) is 13.9. The Balaban J connectivity index is 1.90. The number of piperidine rings is 1. The van der Waals surface area contributed by atoms with Crippen LogP contribution in [0.2, 0.25) is 0 Å². The van der Waals surface area contributed by atoms with Gasteiger partial charge in [0.05, 0.1) is 0 Å². The zero-order valence-corrected chi connectivity index (χ0v) is 11.9. The van der Waals surface area contributed by atoms with Crippen molar-refractivity contribution < 1.29 is 8.42 Å². The molecule has 0 saturated carbocycles. The summed E-state index contributed by atoms with van der Waals surface area (Å²) in [6.45, 7) is 3.91. The number of nitrogens with zero attached hydrogens (tertiary/aromatic N) is 1. The van der Waals surface area contributed by atoms with Crippen LogP contribution in [0.1, 0.15) is 25.3 Å². The zero-order valence-electron chi connectivity index (χ0n) is 11.1. The van der Waals surface area contributed by atoms with Gasteiger partial charge in [-0.25, -0.2) is 5.14 Å². The first-order chi connectivity index (χ1) is 8.94. The first-order valence-corrected chi connectivity index (χ1v) is 8.07. The lowest BCUT2D eigenvalue weighted by Gasteiger charge is -2.37. The third-order valence-corrected chi connectivity index (χ3v) is 4.24. The highest BCUT2D eigenvalue weighted by Crippen LogP contribution is 2.20. The molecule has 0 aromatic heterocycles. The maximum absolute atomic E-state index is 11.0. The topological polar surface area (TPSA) is 75.4 Å². The summed E-state index contributed by atoms with van der Waals surface area (Å²) in [5.41, 5.74) is 1.28. The van der Waals surface area contributed by atoms with Gasteiger partial charge in [-0.2, -0.15) is 13.1 Å². The molecule has 2 rings (SSSR count). The van der Waals surface area contributed by atoms with Crippen LogP contribution in [0.4, 0.5) is 0 Å². The third-order valence-electron chi connectivity index (χ3n) is 3.57. The minimum absolute atomic E-state index is 0.0444. The van der Waals surface area contributed by atoms with E-state index in [0.717, 1.165) is 25.9 Å². The number of rotatable bonds is 4. The monoisotopic (exact) mass is 283 g/mol. The minimum atomic E-state index is -3.59. The molecule has 1 aliphatic rings. The smallest absolute Gasteiger partial charge is 0.274 e. The van der Waals surface area contributed by atoms with Gasteiger partial charge in [-0.1, -0.05) is 30.3 Å². The summed E-state index contributed by atoms with van der Waals surface area (Å²) in [6.07, 6.45) is 1.59. The Labute approximate surface area is 115 Å². The van der Waals surface area contributed by atoms with E-state index in [1.54, 1.807) is 0 Å². The fourth-order valence-corrected chi connectivity index (χ4v) is 3.29. The van der Waals surface area contributed by atoms with Gasteiger partial charge in [0.2, 0.25) is 0 Å². The molecule has 0 spiro atoms. The summed E-state index contributed by atoms with van der Waals surface area (Å²) in [5, 5.41) is 5.02. The van der Waals surface area contributed by atoms with Crippen molar-refractivity contribution in [3.8, 4) is 0 Å². The van der Waals surface area contributed by atoms with Gasteiger partial charge < -0.3 is 0 Å². The molecule has 1 aliphatic heterocycles. The van der Waals surface area contributed by atoms with E-state index in [-0.39, 0.29) is 6.04 Å². The van der Waals surface area contributed by atoms with E-state index < -0.39 is 10.2 Å². The normalized spacial score (nSPS) is 25.4. The van der Waals surface area contributed by atoms with Crippen LogP contribution < -0.4 is 9.86 Å². The highest BCUT2D eigenvalue weighted by atomic mass is 32.2. The minimum Gasteiger partial charge on any atom is -0.296 e. The summed E-state index contributed by atoms with van der Waals surface area (Å²) < 4.78 is 24.6. The van der Waals surface area contributed by atoms with Crippen LogP contribution in [0.5, 0.6) is 0 Å². The molecule has 0 unspecified atom stereocenters. The maximum atomic E-state index is 11.0. The molecule has 0 amide bonds. The van der Waals surface area contributed by atoms with Crippen molar-refractivity contribution in [2.75, 3.05) is 6.54 Å². The molecule has 1 aromatic carbocycles. The quantitative estimate of drug-likeness (QED) is 0.859. The van der Waals surface area contributed by atoms with Crippen molar-refractivity contribution in [3.05, 3.63) is 35.9 Å². The van der Waals surface area contributed by atoms with Gasteiger partial charge in [0.15, 0.2) is 0 Å². The van der Waals surface area contributed by atoms with Crippen LogP contribution in [0.25, 0.3) is 0 Å². The predicted molar refractivity (Wildman–Crippen MR) is 75.6 cm³/mol. The van der Waals surface area contributed by atoms with Crippen molar-refractivity contribution in [2.24, 2.45) is 5.14 Å². The van der Waals surface area contributed by atoms with E-state index >= 15 is 0 Å². The van der Waals surface area contributed by atoms with E-state index in [1.807, 2.05) is 18.2 Å². The van der Waals surface area contributed by atoms with Gasteiger partial charge in [-0.3, -0.25) is 4.90 Å². The van der Waals surface area contributed by atoms with Gasteiger partial charge in [0.25, 0.3) is 10.2 Å². The molecule has 5 nitrogen and oxygen atoms in total. The maximum Gasteiger partial charge on any atom is 0.274 e. The Kier molecular flexibility index (Phi) is 4.57. The van der Waals surface area contributed by atoms with Gasteiger partial charge >= 0.3 is 0 Å². The predicted octanol–water partition coefficient (Wildman–Crippen LogP) is 0.833. The lowest BCUT2D eigenvalue weighted by molar-refractivity contribution is 0.135. The Morgan fingerprint density at radius 3 is 2.63 bits per heavy atom. The molecule has 0 aliphatic carbocycles. The average molecular weight is 283 g/mol. The largest absolute Gasteiger partial charge is 0.296 e. The highest BCUT2D eigenvalue weighted by Gasteiger charge is 2.27. The second-order valence-electron chi connectivity index (χ2n) is 5.19. The molecule has 1 heterocycles. The number of benzene rings is 1. The SMILES string of the molecule is C[C@@H]1C[C@H](NS(N)(=O)=O)CCN1Cc1ccccc1. The molecule has 1 aromatic rings. The molecular weight excluding hydrogens is 262 g/mol. The third kappa shape index (κ3) is 4.58. The van der Waals surface area contributed by atoms with Crippen molar-refractivity contribution in [3.63, 3.8) is 0 Å². The van der Waals surface area contributed by atoms with Crippen LogP contribution >= 0.6 is 0 Å². The average Bonchev–Trinajstić information content (AvgIpc) is 2.32. The molecule has 2 atom stereocenters. The van der Waals surface area contributed by atoms with Crippen LogP contribution in [-0.2, 0) is 16.8 Å². The van der Waals surface area contributed by atoms with E-state index in [0.29, 0.717) is 6.04 Å². The number of likely N-dealkylation sites (tertiary alicyclic amines) is 1. The van der Waals surface area contributed by atoms with E-state index in [9.17, 15) is 8.42 Å². The highest BCUT2D eigenvalue weighted by molar-refractivity contribution is 7.87. The number of hydrogen-bond acceptors (Lipinski definition) is 3. The Morgan fingerprint density at radius 1 is 1.37 bits per heavy atom. The van der Waals surface area contributed by atoms with Crippen molar-refractivity contribution in [2.45, 2.75) is 38.4 Å². The van der Waals surface area contributed by atoms with Crippen LogP contribution in [-0.4, -0.2) is 31.9 Å². The van der Waals surface area contributed by atoms with E-state index in [2.05, 4.69) is 28.7 Å². The van der Waals surface area contributed by atoms with Gasteiger partial charge in [0.1, 0.15) is 0 Å². The van der Waals surface area contributed by atoms with Crippen LogP contribution in [0, 0.1) is 0 Å². The van der Waals surface area contributed by atoms with Gasteiger partial charge in [-0.05, 0) is 25.3 Å². The fraction of sp³-hybridized carbons (Fsp3) is 0.538. The summed E-state index contributed by atoms with van der Waals surface area (Å²) in [4.78, 5) is 2.37. The Morgan fingerprint density at radius 2 is 2.05 bits per heavy atom. The second kappa shape index (κ2) is 6.00. The Bertz CT molecular complexity index is 504. The fourth-order valence-electron chi connectivity index (χ4n) is 2.61. The second-order valence-corrected chi connectivity index (χ2v) is 6.51. The van der Waals surface area contributed by atoms with Crippen molar-refractivity contribution in [1.29, 1.82) is 0 Å². The standard InChI is InChI=1S/C13H21N3O2S/c1-11-9-13(15-19(14,17)18)7-8-16(11)10-12-5-3-2-4-6-12/h2-6,11,13,15H,7-10H2,1H3,(H2,14,17,18)/t11-,13-/m1/s1. The summed E-state index contributed by atoms with van der Waals surface area (Å²) in [5.74, 6) is 0. The summed E-state index contributed by atoms with van der Waals surface area (Å²) >= 11 is 0.